The van der Waals surface area contributed by atoms with Gasteiger partial charge in [-0.25, -0.2) is 19.5 Å². The van der Waals surface area contributed by atoms with E-state index in [1.54, 1.807) is 0 Å². The molecule has 1 aromatic carbocycles. The lowest BCUT2D eigenvalue weighted by Crippen LogP contribution is -2.65. The van der Waals surface area contributed by atoms with Gasteiger partial charge >= 0.3 is 11.9 Å². The summed E-state index contributed by atoms with van der Waals surface area (Å²) >= 11 is 0. The molecular weight excluding hydrogens is 637 g/mol. The number of esters is 2. The van der Waals surface area contributed by atoms with Gasteiger partial charge in [-0.15, -0.1) is 0 Å². The molecule has 3 aliphatic heterocycles. The molecule has 1 amide bonds. The Morgan fingerprint density at radius 2 is 1.80 bits per heavy atom. The van der Waals surface area contributed by atoms with Gasteiger partial charge in [0.25, 0.3) is 15.9 Å². The molecule has 1 aromatic rings. The minimum atomic E-state index is -3.94. The summed E-state index contributed by atoms with van der Waals surface area (Å²) in [4.78, 5) is 54.4. The van der Waals surface area contributed by atoms with E-state index in [1.165, 1.54) is 17.0 Å². The second-order valence-electron chi connectivity index (χ2n) is 12.2. The highest BCUT2D eigenvalue weighted by Gasteiger charge is 2.61. The monoisotopic (exact) mass is 680 g/mol. The Balaban J connectivity index is 1.64. The largest absolute Gasteiger partial charge is 0.413 e. The Kier molecular flexibility index (Phi) is 11.2. The van der Waals surface area contributed by atoms with Crippen LogP contribution in [0.3, 0.4) is 0 Å². The molecular formula is C29H44N6O9SSi. The number of ether oxygens (including phenoxy) is 1. The number of nitrogens with two attached hydrogens (primary N) is 1. The van der Waals surface area contributed by atoms with Crippen molar-refractivity contribution in [1.29, 1.82) is 0 Å². The maximum atomic E-state index is 13.8. The van der Waals surface area contributed by atoms with Crippen LogP contribution in [0.5, 0.6) is 0 Å². The van der Waals surface area contributed by atoms with E-state index in [0.717, 1.165) is 30.3 Å². The predicted octanol–water partition coefficient (Wildman–Crippen LogP) is 1.49. The highest BCUT2D eigenvalue weighted by Crippen LogP contribution is 2.49. The minimum Gasteiger partial charge on any atom is -0.413 e. The standard InChI is InChI=1S/C29H44N6O9SSi/c1-6-46(7-2,8-3)44-19(5)24-25-18(4)23(17-33-14-13-31-15-22(33)16-32-45(30,41)42)26(34(25)27(24)36)29(38)43-28(37)20-9-11-21(12-10-20)35(39)40/h9-12,18-19,22,24-25,31-32H,6-8,13-17H2,1-5H3,(H2,30,41,42)/t18-,19+,22?,24+,25+/m0/s1. The van der Waals surface area contributed by atoms with Gasteiger partial charge in [0, 0.05) is 56.8 Å². The van der Waals surface area contributed by atoms with Crippen LogP contribution in [0.1, 0.15) is 45.0 Å². The number of rotatable bonds is 14. The van der Waals surface area contributed by atoms with Crippen molar-refractivity contribution < 1.29 is 36.9 Å². The van der Waals surface area contributed by atoms with Crippen molar-refractivity contribution in [3.63, 3.8) is 0 Å². The normalized spacial score (nSPS) is 24.4. The number of benzene rings is 1. The average Bonchev–Trinajstić information content (AvgIpc) is 3.26. The number of nitrogens with one attached hydrogen (secondary N) is 2. The third kappa shape index (κ3) is 7.40. The van der Waals surface area contributed by atoms with Crippen molar-refractivity contribution in [2.45, 2.75) is 70.9 Å². The smallest absolute Gasteiger partial charge is 0.362 e. The molecule has 1 unspecified atom stereocenters. The van der Waals surface area contributed by atoms with Crippen molar-refractivity contribution in [2.75, 3.05) is 32.7 Å². The molecule has 2 saturated heterocycles. The van der Waals surface area contributed by atoms with Crippen LogP contribution in [0.25, 0.3) is 0 Å². The fraction of sp³-hybridized carbons (Fsp3) is 0.621. The Hall–Kier alpha value is -3.06. The Bertz CT molecular complexity index is 1480. The fourth-order valence-corrected chi connectivity index (χ4v) is 10.2. The van der Waals surface area contributed by atoms with Crippen molar-refractivity contribution >= 4 is 42.1 Å². The number of β-lactam (4-membered cyclic amide) rings is 1. The third-order valence-corrected chi connectivity index (χ3v) is 15.0. The van der Waals surface area contributed by atoms with E-state index in [0.29, 0.717) is 25.2 Å². The maximum absolute atomic E-state index is 13.8. The quantitative estimate of drug-likeness (QED) is 0.0641. The van der Waals surface area contributed by atoms with Gasteiger partial charge in [-0.1, -0.05) is 27.7 Å². The van der Waals surface area contributed by atoms with E-state index in [9.17, 15) is 32.9 Å². The SMILES string of the molecule is CC[Si](CC)(CC)O[C@H](C)[C@H]1C(=O)N2C(C(=O)OC(=O)c3ccc([N+](=O)[O-])cc3)=C(CN3CCNCC3CNS(N)(=O)=O)[C@H](C)[C@H]12. The summed E-state index contributed by atoms with van der Waals surface area (Å²) < 4.78 is 37.5. The lowest BCUT2D eigenvalue weighted by Gasteiger charge is -2.49. The van der Waals surface area contributed by atoms with Crippen LogP contribution in [-0.4, -0.2) is 100 Å². The van der Waals surface area contributed by atoms with Crippen molar-refractivity contribution in [3.8, 4) is 0 Å². The predicted molar refractivity (Wildman–Crippen MR) is 171 cm³/mol. The molecule has 3 aliphatic rings. The zero-order valence-electron chi connectivity index (χ0n) is 26.9. The highest BCUT2D eigenvalue weighted by atomic mass is 32.2. The molecule has 4 rings (SSSR count). The minimum absolute atomic E-state index is 0.0112. The number of non-ortho nitro benzene ring substituents is 1. The van der Waals surface area contributed by atoms with E-state index < -0.39 is 47.3 Å². The number of hydrogen-bond acceptors (Lipinski definition) is 11. The number of nitro benzene ring substituents is 1. The maximum Gasteiger partial charge on any atom is 0.362 e. The number of fused-ring (bicyclic) bond motifs is 1. The number of carbonyl (C=O) groups is 3. The first kappa shape index (κ1) is 35.8. The molecule has 0 saturated carbocycles. The first-order valence-corrected chi connectivity index (χ1v) is 19.7. The zero-order chi connectivity index (χ0) is 34.0. The van der Waals surface area contributed by atoms with Crippen LogP contribution >= 0.6 is 0 Å². The molecule has 15 nitrogen and oxygen atoms in total. The lowest BCUT2D eigenvalue weighted by atomic mass is 9.77. The zero-order valence-corrected chi connectivity index (χ0v) is 28.7. The van der Waals surface area contributed by atoms with Gasteiger partial charge in [-0.3, -0.25) is 19.8 Å². The molecule has 254 valence electrons. The molecule has 17 heteroatoms. The second-order valence-corrected chi connectivity index (χ2v) is 18.3. The van der Waals surface area contributed by atoms with E-state index >= 15 is 0 Å². The fourth-order valence-electron chi connectivity index (χ4n) is 6.85. The number of amides is 1. The molecule has 46 heavy (non-hydrogen) atoms. The van der Waals surface area contributed by atoms with Gasteiger partial charge in [0.2, 0.25) is 5.91 Å². The van der Waals surface area contributed by atoms with E-state index in [-0.39, 0.29) is 54.0 Å². The molecule has 0 spiro atoms. The van der Waals surface area contributed by atoms with Crippen LogP contribution < -0.4 is 15.2 Å². The summed E-state index contributed by atoms with van der Waals surface area (Å²) in [5.74, 6) is -3.09. The van der Waals surface area contributed by atoms with Gasteiger partial charge in [0.05, 0.1) is 28.6 Å². The summed E-state index contributed by atoms with van der Waals surface area (Å²) in [5, 5.41) is 19.4. The summed E-state index contributed by atoms with van der Waals surface area (Å²) in [6.07, 6.45) is -0.382. The lowest BCUT2D eigenvalue weighted by molar-refractivity contribution is -0.384. The van der Waals surface area contributed by atoms with Crippen molar-refractivity contribution in [1.82, 2.24) is 19.8 Å². The Morgan fingerprint density at radius 1 is 1.17 bits per heavy atom. The van der Waals surface area contributed by atoms with E-state index in [4.69, 9.17) is 14.3 Å². The van der Waals surface area contributed by atoms with Gasteiger partial charge in [0.15, 0.2) is 8.32 Å². The first-order chi connectivity index (χ1) is 21.7. The van der Waals surface area contributed by atoms with Crippen LogP contribution in [-0.2, 0) is 29.0 Å². The summed E-state index contributed by atoms with van der Waals surface area (Å²) in [6.45, 7) is 12.0. The Morgan fingerprint density at radius 3 is 2.37 bits per heavy atom. The first-order valence-electron chi connectivity index (χ1n) is 15.6. The van der Waals surface area contributed by atoms with Gasteiger partial charge in [-0.05, 0) is 42.8 Å². The number of nitrogens with zero attached hydrogens (tertiary/aromatic N) is 3. The average molecular weight is 681 g/mol. The molecule has 0 radical (unpaired) electrons. The Labute approximate surface area is 270 Å². The van der Waals surface area contributed by atoms with Crippen LogP contribution in [0.15, 0.2) is 35.5 Å². The van der Waals surface area contributed by atoms with Gasteiger partial charge in [-0.2, -0.15) is 8.42 Å². The summed E-state index contributed by atoms with van der Waals surface area (Å²) in [6, 6.07) is 6.71. The van der Waals surface area contributed by atoms with Crippen molar-refractivity contribution in [2.24, 2.45) is 17.0 Å². The van der Waals surface area contributed by atoms with E-state index in [2.05, 4.69) is 30.8 Å². The second kappa shape index (κ2) is 14.4. The summed E-state index contributed by atoms with van der Waals surface area (Å²) in [7, 11) is -6.00. The molecule has 0 aromatic heterocycles. The molecule has 0 bridgehead atoms. The van der Waals surface area contributed by atoms with Crippen LogP contribution in [0.4, 0.5) is 5.69 Å². The number of nitro groups is 1. The highest BCUT2D eigenvalue weighted by molar-refractivity contribution is 7.87. The van der Waals surface area contributed by atoms with E-state index in [1.807, 2.05) is 18.7 Å². The molecule has 0 aliphatic carbocycles. The third-order valence-electron chi connectivity index (χ3n) is 9.73. The van der Waals surface area contributed by atoms with Gasteiger partial charge in [0.1, 0.15) is 5.70 Å². The van der Waals surface area contributed by atoms with Gasteiger partial charge < -0.3 is 19.4 Å². The molecule has 2 fully saturated rings. The topological polar surface area (TPSA) is 204 Å². The summed E-state index contributed by atoms with van der Waals surface area (Å²) in [5.41, 5.74) is 0.303. The number of carbonyl (C=O) groups excluding carboxylic acids is 3. The van der Waals surface area contributed by atoms with Crippen molar-refractivity contribution in [3.05, 3.63) is 51.2 Å². The molecule has 5 atom stereocenters. The number of piperazine rings is 1. The van der Waals surface area contributed by atoms with Crippen LogP contribution in [0.2, 0.25) is 18.1 Å². The number of hydrogen-bond donors (Lipinski definition) is 3. The molecule has 3 heterocycles. The van der Waals surface area contributed by atoms with Crippen LogP contribution in [0, 0.1) is 22.0 Å². The molecule has 4 N–H and O–H groups in total.